The summed E-state index contributed by atoms with van der Waals surface area (Å²) in [5.74, 6) is 0. The number of nitrogens with two attached hydrogens (primary N) is 2. The van der Waals surface area contributed by atoms with Crippen LogP contribution in [0.15, 0.2) is 42.5 Å². The van der Waals surface area contributed by atoms with E-state index in [9.17, 15) is 0 Å². The summed E-state index contributed by atoms with van der Waals surface area (Å²) in [6.45, 7) is 2.17. The van der Waals surface area contributed by atoms with Crippen LogP contribution in [0.2, 0.25) is 0 Å². The first-order valence-electron chi connectivity index (χ1n) is 5.95. The van der Waals surface area contributed by atoms with E-state index >= 15 is 0 Å². The second kappa shape index (κ2) is 4.91. The van der Waals surface area contributed by atoms with Gasteiger partial charge in [0.25, 0.3) is 0 Å². The summed E-state index contributed by atoms with van der Waals surface area (Å²) in [4.78, 5) is 0. The van der Waals surface area contributed by atoms with Crippen molar-refractivity contribution in [3.05, 3.63) is 48.0 Å². The van der Waals surface area contributed by atoms with E-state index in [2.05, 4.69) is 13.0 Å². The maximum atomic E-state index is 6.05. The zero-order chi connectivity index (χ0) is 12.3. The molecule has 0 amide bonds. The summed E-state index contributed by atoms with van der Waals surface area (Å²) in [5, 5.41) is 0. The van der Waals surface area contributed by atoms with Gasteiger partial charge in [-0.3, -0.25) is 0 Å². The predicted octanol–water partition coefficient (Wildman–Crippen LogP) is 3.47. The second-order valence-corrected chi connectivity index (χ2v) is 4.25. The smallest absolute Gasteiger partial charge is 0.0352 e. The molecule has 0 aliphatic heterocycles. The van der Waals surface area contributed by atoms with E-state index in [1.165, 1.54) is 16.7 Å². The number of hydrogen-bond acceptors (Lipinski definition) is 2. The molecule has 0 spiro atoms. The summed E-state index contributed by atoms with van der Waals surface area (Å²) in [5.41, 5.74) is 17.0. The van der Waals surface area contributed by atoms with Crippen molar-refractivity contribution in [1.29, 1.82) is 0 Å². The molecule has 0 saturated carbocycles. The van der Waals surface area contributed by atoms with Gasteiger partial charge in [-0.1, -0.05) is 37.6 Å². The highest BCUT2D eigenvalue weighted by atomic mass is 14.6. The van der Waals surface area contributed by atoms with Gasteiger partial charge in [-0.05, 0) is 41.3 Å². The molecule has 0 radical (unpaired) electrons. The Morgan fingerprint density at radius 1 is 0.941 bits per heavy atom. The zero-order valence-corrected chi connectivity index (χ0v) is 10.1. The number of hydrogen-bond donors (Lipinski definition) is 2. The minimum Gasteiger partial charge on any atom is -0.399 e. The number of nitrogen functional groups attached to an aromatic ring is 2. The van der Waals surface area contributed by atoms with Gasteiger partial charge in [-0.25, -0.2) is 0 Å². The quantitative estimate of drug-likeness (QED) is 0.787. The fourth-order valence-electron chi connectivity index (χ4n) is 2.07. The van der Waals surface area contributed by atoms with Crippen LogP contribution in [0.4, 0.5) is 11.4 Å². The third-order valence-electron chi connectivity index (χ3n) is 2.93. The van der Waals surface area contributed by atoms with Crippen molar-refractivity contribution in [1.82, 2.24) is 0 Å². The molecule has 0 fully saturated rings. The highest BCUT2D eigenvalue weighted by Gasteiger charge is 2.07. The Hall–Kier alpha value is -1.96. The van der Waals surface area contributed by atoms with Crippen molar-refractivity contribution in [2.24, 2.45) is 0 Å². The first-order valence-corrected chi connectivity index (χ1v) is 5.95. The Balaban J connectivity index is 2.50. The molecule has 0 unspecified atom stereocenters. The molecule has 2 nitrogen and oxygen atoms in total. The molecule has 0 aliphatic rings. The van der Waals surface area contributed by atoms with Gasteiger partial charge in [0.1, 0.15) is 0 Å². The summed E-state index contributed by atoms with van der Waals surface area (Å²) < 4.78 is 0. The van der Waals surface area contributed by atoms with Crippen LogP contribution in [-0.4, -0.2) is 0 Å². The molecular formula is C15H18N2. The maximum absolute atomic E-state index is 6.05. The Kier molecular flexibility index (Phi) is 3.33. The normalized spacial score (nSPS) is 10.4. The Labute approximate surface area is 102 Å². The van der Waals surface area contributed by atoms with Crippen molar-refractivity contribution in [2.75, 3.05) is 11.5 Å². The van der Waals surface area contributed by atoms with Crippen molar-refractivity contribution >= 4 is 11.4 Å². The van der Waals surface area contributed by atoms with Crippen LogP contribution < -0.4 is 11.5 Å². The molecule has 2 aromatic rings. The summed E-state index contributed by atoms with van der Waals surface area (Å²) in [6.07, 6.45) is 2.10. The van der Waals surface area contributed by atoms with Crippen LogP contribution in [0.5, 0.6) is 0 Å². The number of benzene rings is 2. The van der Waals surface area contributed by atoms with Gasteiger partial charge in [0, 0.05) is 11.4 Å². The summed E-state index contributed by atoms with van der Waals surface area (Å²) in [7, 11) is 0. The highest BCUT2D eigenvalue weighted by Crippen LogP contribution is 2.29. The van der Waals surface area contributed by atoms with Crippen molar-refractivity contribution in [2.45, 2.75) is 19.8 Å². The van der Waals surface area contributed by atoms with Gasteiger partial charge in [0.2, 0.25) is 0 Å². The van der Waals surface area contributed by atoms with Gasteiger partial charge < -0.3 is 11.5 Å². The first-order chi connectivity index (χ1) is 8.22. The fourth-order valence-corrected chi connectivity index (χ4v) is 2.07. The Morgan fingerprint density at radius 3 is 2.29 bits per heavy atom. The summed E-state index contributed by atoms with van der Waals surface area (Å²) in [6, 6.07) is 14.0. The Bertz CT molecular complexity index is 501. The van der Waals surface area contributed by atoms with Gasteiger partial charge in [-0.15, -0.1) is 0 Å². The molecule has 2 heteroatoms. The molecule has 88 valence electrons. The van der Waals surface area contributed by atoms with E-state index in [4.69, 9.17) is 11.5 Å². The fraction of sp³-hybridized carbons (Fsp3) is 0.200. The van der Waals surface area contributed by atoms with Crippen LogP contribution in [0.25, 0.3) is 11.1 Å². The van der Waals surface area contributed by atoms with Crippen molar-refractivity contribution in [3.63, 3.8) is 0 Å². The molecule has 2 rings (SSSR count). The van der Waals surface area contributed by atoms with Crippen LogP contribution in [0.3, 0.4) is 0 Å². The molecule has 0 atom stereocenters. The molecule has 17 heavy (non-hydrogen) atoms. The second-order valence-electron chi connectivity index (χ2n) is 4.25. The van der Waals surface area contributed by atoms with E-state index in [-0.39, 0.29) is 0 Å². The topological polar surface area (TPSA) is 52.0 Å². The average Bonchev–Trinajstić information content (AvgIpc) is 2.33. The highest BCUT2D eigenvalue weighted by molar-refractivity contribution is 5.74. The number of rotatable bonds is 3. The standard InChI is InChI=1S/C15H18N2/c1-2-4-14-13(5-3-6-15(14)17)11-7-9-12(16)10-8-11/h3,5-10H,2,4,16-17H2,1H3. The van der Waals surface area contributed by atoms with Crippen LogP contribution in [0.1, 0.15) is 18.9 Å². The van der Waals surface area contributed by atoms with Gasteiger partial charge in [-0.2, -0.15) is 0 Å². The zero-order valence-electron chi connectivity index (χ0n) is 10.1. The lowest BCUT2D eigenvalue weighted by atomic mass is 9.95. The molecule has 0 bridgehead atoms. The molecule has 0 aromatic heterocycles. The maximum Gasteiger partial charge on any atom is 0.0352 e. The average molecular weight is 226 g/mol. The Morgan fingerprint density at radius 2 is 1.65 bits per heavy atom. The molecule has 0 saturated heterocycles. The largest absolute Gasteiger partial charge is 0.399 e. The molecule has 2 aromatic carbocycles. The van der Waals surface area contributed by atoms with E-state index in [1.807, 2.05) is 36.4 Å². The van der Waals surface area contributed by atoms with Crippen LogP contribution in [-0.2, 0) is 6.42 Å². The van der Waals surface area contributed by atoms with Gasteiger partial charge >= 0.3 is 0 Å². The lowest BCUT2D eigenvalue weighted by Gasteiger charge is -2.12. The monoisotopic (exact) mass is 226 g/mol. The van der Waals surface area contributed by atoms with Crippen molar-refractivity contribution in [3.8, 4) is 11.1 Å². The lowest BCUT2D eigenvalue weighted by Crippen LogP contribution is -1.97. The number of anilines is 2. The van der Waals surface area contributed by atoms with Crippen LogP contribution in [0, 0.1) is 0 Å². The minimum atomic E-state index is 0.787. The minimum absolute atomic E-state index is 0.787. The van der Waals surface area contributed by atoms with Crippen molar-refractivity contribution < 1.29 is 0 Å². The lowest BCUT2D eigenvalue weighted by molar-refractivity contribution is 0.926. The van der Waals surface area contributed by atoms with E-state index < -0.39 is 0 Å². The summed E-state index contributed by atoms with van der Waals surface area (Å²) >= 11 is 0. The third-order valence-corrected chi connectivity index (χ3v) is 2.93. The van der Waals surface area contributed by atoms with E-state index in [0.29, 0.717) is 0 Å². The first kappa shape index (κ1) is 11.5. The van der Waals surface area contributed by atoms with Gasteiger partial charge in [0.15, 0.2) is 0 Å². The van der Waals surface area contributed by atoms with E-state index in [1.54, 1.807) is 0 Å². The van der Waals surface area contributed by atoms with Crippen LogP contribution >= 0.6 is 0 Å². The third kappa shape index (κ3) is 2.41. The molecule has 0 aliphatic carbocycles. The van der Waals surface area contributed by atoms with Gasteiger partial charge in [0.05, 0.1) is 0 Å². The molecule has 4 N–H and O–H groups in total. The van der Waals surface area contributed by atoms with E-state index in [0.717, 1.165) is 24.2 Å². The molecule has 0 heterocycles. The molecular weight excluding hydrogens is 208 g/mol. The SMILES string of the molecule is CCCc1c(N)cccc1-c1ccc(N)cc1. The predicted molar refractivity (Wildman–Crippen MR) is 74.7 cm³/mol.